The van der Waals surface area contributed by atoms with Crippen molar-refractivity contribution in [2.45, 2.75) is 26.3 Å². The molecular weight excluding hydrogens is 398 g/mol. The van der Waals surface area contributed by atoms with E-state index in [0.29, 0.717) is 21.4 Å². The Labute approximate surface area is 163 Å². The van der Waals surface area contributed by atoms with Crippen molar-refractivity contribution in [3.63, 3.8) is 0 Å². The molecule has 0 aliphatic heterocycles. The second-order valence-corrected chi connectivity index (χ2v) is 8.24. The van der Waals surface area contributed by atoms with E-state index in [-0.39, 0.29) is 19.8 Å². The maximum absolute atomic E-state index is 12.8. The Balaban J connectivity index is 2.25. The highest BCUT2D eigenvalue weighted by Gasteiger charge is 2.37. The zero-order chi connectivity index (χ0) is 19.2. The number of ether oxygens (including phenoxy) is 1. The zero-order valence-electron chi connectivity index (χ0n) is 14.5. The highest BCUT2D eigenvalue weighted by atomic mass is 35.5. The molecule has 0 spiro atoms. The van der Waals surface area contributed by atoms with Crippen LogP contribution in [0.25, 0.3) is 0 Å². The Morgan fingerprint density at radius 3 is 2.35 bits per heavy atom. The second kappa shape index (κ2) is 9.75. The molecule has 0 heterocycles. The lowest BCUT2D eigenvalue weighted by molar-refractivity contribution is 0.147. The molecule has 2 aromatic carbocycles. The number of hydrogen-bond acceptors (Lipinski definition) is 5. The SMILES string of the molecule is CCOP(=O)(OCC)C(O)c1ccccc1OCc1ccc(Cl)cc1Cl. The van der Waals surface area contributed by atoms with Crippen LogP contribution in [0.5, 0.6) is 5.75 Å². The molecule has 0 aromatic heterocycles. The summed E-state index contributed by atoms with van der Waals surface area (Å²) >= 11 is 12.0. The smallest absolute Gasteiger partial charge is 0.363 e. The van der Waals surface area contributed by atoms with E-state index in [0.717, 1.165) is 5.56 Å². The van der Waals surface area contributed by atoms with Gasteiger partial charge in [0, 0.05) is 21.2 Å². The van der Waals surface area contributed by atoms with Crippen molar-refractivity contribution >= 4 is 30.8 Å². The Kier molecular flexibility index (Phi) is 7.96. The Morgan fingerprint density at radius 1 is 1.08 bits per heavy atom. The van der Waals surface area contributed by atoms with E-state index in [9.17, 15) is 9.67 Å². The molecular formula is C18H21Cl2O5P. The molecule has 0 bridgehead atoms. The minimum Gasteiger partial charge on any atom is -0.488 e. The van der Waals surface area contributed by atoms with Gasteiger partial charge in [-0.25, -0.2) is 0 Å². The van der Waals surface area contributed by atoms with E-state index in [2.05, 4.69) is 0 Å². The maximum atomic E-state index is 12.8. The first-order chi connectivity index (χ1) is 12.4. The van der Waals surface area contributed by atoms with E-state index in [1.165, 1.54) is 0 Å². The van der Waals surface area contributed by atoms with Crippen molar-refractivity contribution in [3.05, 3.63) is 63.6 Å². The fraction of sp³-hybridized carbons (Fsp3) is 0.333. The second-order valence-electron chi connectivity index (χ2n) is 5.31. The molecule has 0 radical (unpaired) electrons. The summed E-state index contributed by atoms with van der Waals surface area (Å²) in [5.41, 5.74) is 1.06. The molecule has 26 heavy (non-hydrogen) atoms. The van der Waals surface area contributed by atoms with Gasteiger partial charge in [-0.05, 0) is 32.0 Å². The maximum Gasteiger partial charge on any atom is 0.363 e. The van der Waals surface area contributed by atoms with Crippen LogP contribution in [0.1, 0.15) is 30.8 Å². The third-order valence-electron chi connectivity index (χ3n) is 3.51. The van der Waals surface area contributed by atoms with Crippen molar-refractivity contribution in [3.8, 4) is 5.75 Å². The van der Waals surface area contributed by atoms with E-state index >= 15 is 0 Å². The van der Waals surface area contributed by atoms with Gasteiger partial charge in [0.15, 0.2) is 5.85 Å². The van der Waals surface area contributed by atoms with Crippen LogP contribution in [0.3, 0.4) is 0 Å². The number of rotatable bonds is 9. The third-order valence-corrected chi connectivity index (χ3v) is 6.21. The fourth-order valence-corrected chi connectivity index (χ4v) is 4.42. The third kappa shape index (κ3) is 5.23. The first kappa shape index (κ1) is 21.2. The molecule has 0 amide bonds. The molecule has 0 aliphatic rings. The normalized spacial score (nSPS) is 12.8. The van der Waals surface area contributed by atoms with Gasteiger partial charge in [-0.3, -0.25) is 4.57 Å². The lowest BCUT2D eigenvalue weighted by Crippen LogP contribution is -2.08. The molecule has 0 saturated carbocycles. The lowest BCUT2D eigenvalue weighted by atomic mass is 10.2. The number of aliphatic hydroxyl groups is 1. The average molecular weight is 419 g/mol. The minimum absolute atomic E-state index is 0.151. The predicted molar refractivity (Wildman–Crippen MR) is 103 cm³/mol. The summed E-state index contributed by atoms with van der Waals surface area (Å²) in [4.78, 5) is 0. The highest BCUT2D eigenvalue weighted by Crippen LogP contribution is 2.60. The Bertz CT molecular complexity index is 774. The molecule has 2 rings (SSSR count). The van der Waals surface area contributed by atoms with Crippen molar-refractivity contribution in [2.24, 2.45) is 0 Å². The van der Waals surface area contributed by atoms with Crippen LogP contribution in [0.15, 0.2) is 42.5 Å². The van der Waals surface area contributed by atoms with Gasteiger partial charge in [0.05, 0.1) is 13.2 Å². The van der Waals surface area contributed by atoms with Crippen LogP contribution in [-0.4, -0.2) is 18.3 Å². The molecule has 0 aliphatic carbocycles. The molecule has 1 unspecified atom stereocenters. The fourth-order valence-electron chi connectivity index (χ4n) is 2.33. The van der Waals surface area contributed by atoms with Gasteiger partial charge in [-0.1, -0.05) is 47.5 Å². The summed E-state index contributed by atoms with van der Waals surface area (Å²) in [5.74, 6) is -1.09. The van der Waals surface area contributed by atoms with Crippen LogP contribution in [0.4, 0.5) is 0 Å². The van der Waals surface area contributed by atoms with Crippen molar-refractivity contribution < 1.29 is 23.5 Å². The number of para-hydroxylation sites is 1. The molecule has 5 nitrogen and oxygen atoms in total. The first-order valence-electron chi connectivity index (χ1n) is 8.13. The summed E-state index contributed by atoms with van der Waals surface area (Å²) in [6, 6.07) is 11.9. The monoisotopic (exact) mass is 418 g/mol. The van der Waals surface area contributed by atoms with Crippen LogP contribution in [-0.2, 0) is 20.2 Å². The number of aliphatic hydroxyl groups excluding tert-OH is 1. The largest absolute Gasteiger partial charge is 0.488 e. The van der Waals surface area contributed by atoms with E-state index in [1.54, 1.807) is 56.3 Å². The van der Waals surface area contributed by atoms with Crippen molar-refractivity contribution in [1.82, 2.24) is 0 Å². The van der Waals surface area contributed by atoms with Gasteiger partial charge in [0.1, 0.15) is 12.4 Å². The predicted octanol–water partition coefficient (Wildman–Crippen LogP) is 5.83. The molecule has 2 aromatic rings. The first-order valence-corrected chi connectivity index (χ1v) is 10.5. The highest BCUT2D eigenvalue weighted by molar-refractivity contribution is 7.54. The van der Waals surface area contributed by atoms with Gasteiger partial charge >= 0.3 is 7.60 Å². The van der Waals surface area contributed by atoms with Crippen molar-refractivity contribution in [1.29, 1.82) is 0 Å². The molecule has 0 fully saturated rings. The van der Waals surface area contributed by atoms with E-state index < -0.39 is 13.4 Å². The van der Waals surface area contributed by atoms with E-state index in [1.807, 2.05) is 0 Å². The summed E-state index contributed by atoms with van der Waals surface area (Å²) in [5, 5.41) is 11.6. The van der Waals surface area contributed by atoms with E-state index in [4.69, 9.17) is 37.0 Å². The summed E-state index contributed by atoms with van der Waals surface area (Å²) in [7, 11) is -3.74. The molecule has 0 saturated heterocycles. The summed E-state index contributed by atoms with van der Waals surface area (Å²) < 4.78 is 29.1. The lowest BCUT2D eigenvalue weighted by Gasteiger charge is -2.24. The topological polar surface area (TPSA) is 65.0 Å². The zero-order valence-corrected chi connectivity index (χ0v) is 16.9. The Hall–Kier alpha value is -1.07. The van der Waals surface area contributed by atoms with Crippen LogP contribution < -0.4 is 4.74 Å². The quantitative estimate of drug-likeness (QED) is 0.518. The average Bonchev–Trinajstić information content (AvgIpc) is 2.61. The standard InChI is InChI=1S/C18H21Cl2O5P/c1-3-24-26(22,25-4-2)18(21)15-7-5-6-8-17(15)23-12-13-9-10-14(19)11-16(13)20/h5-11,18,21H,3-4,12H2,1-2H3. The minimum atomic E-state index is -3.74. The van der Waals surface area contributed by atoms with Crippen LogP contribution in [0, 0.1) is 0 Å². The van der Waals surface area contributed by atoms with Crippen LogP contribution in [0.2, 0.25) is 10.0 Å². The molecule has 1 atom stereocenters. The molecule has 142 valence electrons. The van der Waals surface area contributed by atoms with Crippen LogP contribution >= 0.6 is 30.8 Å². The summed E-state index contributed by atoms with van der Waals surface area (Å²) in [6.07, 6.45) is 0. The van der Waals surface area contributed by atoms with Crippen molar-refractivity contribution in [2.75, 3.05) is 13.2 Å². The number of hydrogen-bond donors (Lipinski definition) is 1. The summed E-state index contributed by atoms with van der Waals surface area (Å²) in [6.45, 7) is 3.83. The number of benzene rings is 2. The molecule has 8 heteroatoms. The van der Waals surface area contributed by atoms with Gasteiger partial charge in [0.2, 0.25) is 0 Å². The Morgan fingerprint density at radius 2 is 1.73 bits per heavy atom. The molecule has 1 N–H and O–H groups in total. The van der Waals surface area contributed by atoms with Gasteiger partial charge < -0.3 is 18.9 Å². The van der Waals surface area contributed by atoms with Gasteiger partial charge in [0.25, 0.3) is 0 Å². The van der Waals surface area contributed by atoms with Gasteiger partial charge in [-0.15, -0.1) is 0 Å². The number of halogens is 2. The van der Waals surface area contributed by atoms with Gasteiger partial charge in [-0.2, -0.15) is 0 Å².